The van der Waals surface area contributed by atoms with Crippen molar-refractivity contribution in [2.75, 3.05) is 6.61 Å². The monoisotopic (exact) mass is 152 g/mol. The molecule has 60 valence electrons. The Kier molecular flexibility index (Phi) is 2.86. The number of rotatable bonds is 3. The smallest absolute Gasteiger partial charge is 0.213 e. The van der Waals surface area contributed by atoms with E-state index in [9.17, 15) is 0 Å². The molecule has 2 N–H and O–H groups in total. The van der Waals surface area contributed by atoms with Gasteiger partial charge in [0, 0.05) is 18.3 Å². The molecule has 0 amide bonds. The number of ether oxygens (including phenoxy) is 1. The summed E-state index contributed by atoms with van der Waals surface area (Å²) in [5, 5.41) is 0. The van der Waals surface area contributed by atoms with Crippen LogP contribution >= 0.6 is 0 Å². The molecular formula is C8H12N2O. The molecule has 0 aromatic carbocycles. The highest BCUT2D eigenvalue weighted by Gasteiger charge is 1.95. The van der Waals surface area contributed by atoms with Gasteiger partial charge in [-0.05, 0) is 13.0 Å². The molecule has 0 fully saturated rings. The molecule has 0 saturated heterocycles. The molecule has 1 atom stereocenters. The van der Waals surface area contributed by atoms with E-state index in [1.54, 1.807) is 6.20 Å². The van der Waals surface area contributed by atoms with E-state index in [2.05, 4.69) is 4.98 Å². The highest BCUT2D eigenvalue weighted by atomic mass is 16.5. The molecule has 0 unspecified atom stereocenters. The summed E-state index contributed by atoms with van der Waals surface area (Å²) in [7, 11) is 0. The minimum absolute atomic E-state index is 0.0528. The van der Waals surface area contributed by atoms with E-state index >= 15 is 0 Å². The second kappa shape index (κ2) is 3.93. The standard InChI is InChI=1S/C8H12N2O/c1-7(9)6-11-8-4-2-3-5-10-8/h2-5,7H,6,9H2,1H3/t7-/m1/s1. The minimum Gasteiger partial charge on any atom is -0.476 e. The van der Waals surface area contributed by atoms with Gasteiger partial charge in [-0.1, -0.05) is 6.07 Å². The summed E-state index contributed by atoms with van der Waals surface area (Å²) < 4.78 is 5.23. The fourth-order valence-electron chi connectivity index (χ4n) is 0.649. The van der Waals surface area contributed by atoms with E-state index in [0.29, 0.717) is 12.5 Å². The van der Waals surface area contributed by atoms with Gasteiger partial charge in [-0.25, -0.2) is 4.98 Å². The molecule has 0 spiro atoms. The molecule has 3 nitrogen and oxygen atoms in total. The third kappa shape index (κ3) is 3.00. The predicted molar refractivity (Wildman–Crippen MR) is 43.4 cm³/mol. The lowest BCUT2D eigenvalue weighted by Crippen LogP contribution is -2.23. The zero-order chi connectivity index (χ0) is 8.10. The Hall–Kier alpha value is -1.09. The highest BCUT2D eigenvalue weighted by molar-refractivity contribution is 5.09. The van der Waals surface area contributed by atoms with Crippen LogP contribution in [0.25, 0.3) is 0 Å². The average Bonchev–Trinajstić information content (AvgIpc) is 2.03. The van der Waals surface area contributed by atoms with E-state index < -0.39 is 0 Å². The molecule has 1 aromatic rings. The number of nitrogens with two attached hydrogens (primary N) is 1. The van der Waals surface area contributed by atoms with Gasteiger partial charge in [-0.2, -0.15) is 0 Å². The van der Waals surface area contributed by atoms with Crippen LogP contribution in [-0.4, -0.2) is 17.6 Å². The summed E-state index contributed by atoms with van der Waals surface area (Å²) in [6, 6.07) is 5.59. The summed E-state index contributed by atoms with van der Waals surface area (Å²) in [4.78, 5) is 3.97. The maximum Gasteiger partial charge on any atom is 0.213 e. The zero-order valence-corrected chi connectivity index (χ0v) is 6.53. The van der Waals surface area contributed by atoms with Crippen LogP contribution in [0, 0.1) is 0 Å². The van der Waals surface area contributed by atoms with Crippen molar-refractivity contribution in [2.45, 2.75) is 13.0 Å². The Balaban J connectivity index is 2.39. The van der Waals surface area contributed by atoms with Crippen molar-refractivity contribution < 1.29 is 4.74 Å². The lowest BCUT2D eigenvalue weighted by molar-refractivity contribution is 0.285. The lowest BCUT2D eigenvalue weighted by Gasteiger charge is -2.06. The third-order valence-corrected chi connectivity index (χ3v) is 1.13. The number of hydrogen-bond donors (Lipinski definition) is 1. The number of nitrogens with zero attached hydrogens (tertiary/aromatic N) is 1. The summed E-state index contributed by atoms with van der Waals surface area (Å²) in [6.07, 6.45) is 1.69. The quantitative estimate of drug-likeness (QED) is 0.697. The number of aromatic nitrogens is 1. The molecule has 1 heterocycles. The maximum absolute atomic E-state index is 5.49. The molecule has 0 aliphatic rings. The zero-order valence-electron chi connectivity index (χ0n) is 6.53. The molecule has 11 heavy (non-hydrogen) atoms. The van der Waals surface area contributed by atoms with Gasteiger partial charge in [0.25, 0.3) is 0 Å². The molecule has 0 aliphatic carbocycles. The summed E-state index contributed by atoms with van der Waals surface area (Å²) in [6.45, 7) is 2.40. The topological polar surface area (TPSA) is 48.1 Å². The Bertz CT molecular complexity index is 199. The van der Waals surface area contributed by atoms with Crippen LogP contribution in [-0.2, 0) is 0 Å². The summed E-state index contributed by atoms with van der Waals surface area (Å²) in [5.74, 6) is 0.629. The van der Waals surface area contributed by atoms with Crippen LogP contribution in [0.3, 0.4) is 0 Å². The van der Waals surface area contributed by atoms with E-state index in [4.69, 9.17) is 10.5 Å². The van der Waals surface area contributed by atoms with Crippen LogP contribution in [0.2, 0.25) is 0 Å². The fraction of sp³-hybridized carbons (Fsp3) is 0.375. The van der Waals surface area contributed by atoms with Crippen LogP contribution < -0.4 is 10.5 Å². The van der Waals surface area contributed by atoms with Crippen molar-refractivity contribution in [3.05, 3.63) is 24.4 Å². The molecular weight excluding hydrogens is 140 g/mol. The maximum atomic E-state index is 5.49. The molecule has 0 saturated carbocycles. The van der Waals surface area contributed by atoms with Gasteiger partial charge < -0.3 is 10.5 Å². The molecule has 0 aliphatic heterocycles. The lowest BCUT2D eigenvalue weighted by atomic mass is 10.4. The largest absolute Gasteiger partial charge is 0.476 e. The second-order valence-electron chi connectivity index (χ2n) is 2.46. The second-order valence-corrected chi connectivity index (χ2v) is 2.46. The first-order valence-electron chi connectivity index (χ1n) is 3.58. The van der Waals surface area contributed by atoms with Crippen molar-refractivity contribution in [1.29, 1.82) is 0 Å². The van der Waals surface area contributed by atoms with Crippen molar-refractivity contribution in [2.24, 2.45) is 5.73 Å². The van der Waals surface area contributed by atoms with E-state index in [1.807, 2.05) is 25.1 Å². The Morgan fingerprint density at radius 2 is 2.45 bits per heavy atom. The SMILES string of the molecule is C[C@@H](N)COc1ccccn1. The van der Waals surface area contributed by atoms with Crippen LogP contribution in [0.1, 0.15) is 6.92 Å². The number of hydrogen-bond acceptors (Lipinski definition) is 3. The minimum atomic E-state index is 0.0528. The fourth-order valence-corrected chi connectivity index (χ4v) is 0.649. The van der Waals surface area contributed by atoms with Gasteiger partial charge in [0.15, 0.2) is 0 Å². The van der Waals surface area contributed by atoms with E-state index in [1.165, 1.54) is 0 Å². The molecule has 0 bridgehead atoms. The van der Waals surface area contributed by atoms with Gasteiger partial charge in [-0.15, -0.1) is 0 Å². The van der Waals surface area contributed by atoms with Gasteiger partial charge in [-0.3, -0.25) is 0 Å². The van der Waals surface area contributed by atoms with Crippen molar-refractivity contribution in [3.63, 3.8) is 0 Å². The van der Waals surface area contributed by atoms with Gasteiger partial charge >= 0.3 is 0 Å². The van der Waals surface area contributed by atoms with Crippen LogP contribution in [0.5, 0.6) is 5.88 Å². The normalized spacial score (nSPS) is 12.5. The Morgan fingerprint density at radius 3 is 3.00 bits per heavy atom. The molecule has 3 heteroatoms. The van der Waals surface area contributed by atoms with Gasteiger partial charge in [0.2, 0.25) is 5.88 Å². The molecule has 0 radical (unpaired) electrons. The molecule has 1 aromatic heterocycles. The van der Waals surface area contributed by atoms with Crippen molar-refractivity contribution in [3.8, 4) is 5.88 Å². The Labute approximate surface area is 66.2 Å². The predicted octanol–water partition coefficient (Wildman–Crippen LogP) is 0.808. The first kappa shape index (κ1) is 8.01. The number of pyridine rings is 1. The van der Waals surface area contributed by atoms with Gasteiger partial charge in [0.05, 0.1) is 0 Å². The van der Waals surface area contributed by atoms with Crippen molar-refractivity contribution >= 4 is 0 Å². The Morgan fingerprint density at radius 1 is 1.64 bits per heavy atom. The molecule has 1 rings (SSSR count). The first-order valence-corrected chi connectivity index (χ1v) is 3.58. The van der Waals surface area contributed by atoms with Crippen molar-refractivity contribution in [1.82, 2.24) is 4.98 Å². The first-order chi connectivity index (χ1) is 5.29. The van der Waals surface area contributed by atoms with E-state index in [0.717, 1.165) is 0 Å². The van der Waals surface area contributed by atoms with Gasteiger partial charge in [0.1, 0.15) is 6.61 Å². The summed E-state index contributed by atoms with van der Waals surface area (Å²) in [5.41, 5.74) is 5.49. The van der Waals surface area contributed by atoms with Crippen LogP contribution in [0.4, 0.5) is 0 Å². The summed E-state index contributed by atoms with van der Waals surface area (Å²) >= 11 is 0. The van der Waals surface area contributed by atoms with E-state index in [-0.39, 0.29) is 6.04 Å². The average molecular weight is 152 g/mol. The third-order valence-electron chi connectivity index (χ3n) is 1.13. The highest BCUT2D eigenvalue weighted by Crippen LogP contribution is 2.02. The van der Waals surface area contributed by atoms with Crippen LogP contribution in [0.15, 0.2) is 24.4 Å².